The van der Waals surface area contributed by atoms with E-state index < -0.39 is 15.8 Å². The van der Waals surface area contributed by atoms with Crippen LogP contribution < -0.4 is 19.7 Å². The quantitative estimate of drug-likeness (QED) is 0.799. The van der Waals surface area contributed by atoms with E-state index in [9.17, 15) is 18.0 Å². The first-order valence-electron chi connectivity index (χ1n) is 8.62. The second-order valence-electron chi connectivity index (χ2n) is 6.84. The SMILES string of the molecule is O=C(N[C@@H]1CCS(=O)(=O)C1)[C@H]1CC(=O)N(c2ccc3c(c2)OCCO3)C1. The predicted octanol–water partition coefficient (Wildman–Crippen LogP) is 0.114. The Kier molecular flexibility index (Phi) is 4.26. The highest BCUT2D eigenvalue weighted by molar-refractivity contribution is 7.91. The Balaban J connectivity index is 1.43. The lowest BCUT2D eigenvalue weighted by Crippen LogP contribution is -2.40. The van der Waals surface area contributed by atoms with Crippen molar-refractivity contribution in [2.24, 2.45) is 5.92 Å². The first-order valence-corrected chi connectivity index (χ1v) is 10.4. The second-order valence-corrected chi connectivity index (χ2v) is 9.07. The van der Waals surface area contributed by atoms with Crippen LogP contribution in [0.2, 0.25) is 0 Å². The van der Waals surface area contributed by atoms with Crippen molar-refractivity contribution in [1.82, 2.24) is 5.32 Å². The van der Waals surface area contributed by atoms with Crippen molar-refractivity contribution in [3.05, 3.63) is 18.2 Å². The number of benzene rings is 1. The van der Waals surface area contributed by atoms with Crippen LogP contribution in [-0.2, 0) is 19.4 Å². The van der Waals surface area contributed by atoms with Gasteiger partial charge in [-0.05, 0) is 18.6 Å². The molecule has 0 radical (unpaired) electrons. The molecular formula is C17H20N2O6S. The van der Waals surface area contributed by atoms with E-state index in [4.69, 9.17) is 9.47 Å². The Hall–Kier alpha value is -2.29. The molecule has 0 aliphatic carbocycles. The van der Waals surface area contributed by atoms with Crippen LogP contribution in [0, 0.1) is 5.92 Å². The molecule has 0 saturated carbocycles. The Labute approximate surface area is 151 Å². The molecule has 1 aromatic rings. The summed E-state index contributed by atoms with van der Waals surface area (Å²) in [5.74, 6) is 0.422. The highest BCUT2D eigenvalue weighted by Gasteiger charge is 2.37. The van der Waals surface area contributed by atoms with Gasteiger partial charge in [0.1, 0.15) is 13.2 Å². The standard InChI is InChI=1S/C17H20N2O6S/c20-16-7-11(17(21)18-12-3-6-26(22,23)10-12)9-19(16)13-1-2-14-15(8-13)25-5-4-24-14/h1-2,8,11-12H,3-7,9-10H2,(H,18,21)/t11-,12+/m0/s1. The van der Waals surface area contributed by atoms with Crippen LogP contribution in [0.3, 0.4) is 0 Å². The highest BCUT2D eigenvalue weighted by atomic mass is 32.2. The number of hydrogen-bond donors (Lipinski definition) is 1. The molecule has 9 heteroatoms. The normalized spacial score (nSPS) is 26.8. The lowest BCUT2D eigenvalue weighted by molar-refractivity contribution is -0.126. The third kappa shape index (κ3) is 3.35. The number of hydrogen-bond acceptors (Lipinski definition) is 6. The highest BCUT2D eigenvalue weighted by Crippen LogP contribution is 2.36. The van der Waals surface area contributed by atoms with Crippen LogP contribution in [0.5, 0.6) is 11.5 Å². The first-order chi connectivity index (χ1) is 12.4. The molecule has 4 rings (SSSR count). The monoisotopic (exact) mass is 380 g/mol. The van der Waals surface area contributed by atoms with Crippen LogP contribution in [0.25, 0.3) is 0 Å². The van der Waals surface area contributed by atoms with Gasteiger partial charge in [-0.15, -0.1) is 0 Å². The number of amides is 2. The minimum atomic E-state index is -3.06. The van der Waals surface area contributed by atoms with E-state index in [0.29, 0.717) is 36.8 Å². The lowest BCUT2D eigenvalue weighted by Gasteiger charge is -2.22. The number of carbonyl (C=O) groups is 2. The maximum atomic E-state index is 12.4. The molecule has 2 saturated heterocycles. The van der Waals surface area contributed by atoms with Crippen LogP contribution >= 0.6 is 0 Å². The minimum Gasteiger partial charge on any atom is -0.486 e. The summed E-state index contributed by atoms with van der Waals surface area (Å²) in [6.07, 6.45) is 0.542. The van der Waals surface area contributed by atoms with E-state index in [1.54, 1.807) is 23.1 Å². The molecule has 8 nitrogen and oxygen atoms in total. The molecule has 1 aromatic carbocycles. The van der Waals surface area contributed by atoms with Gasteiger partial charge in [0.2, 0.25) is 11.8 Å². The summed E-state index contributed by atoms with van der Waals surface area (Å²) in [4.78, 5) is 26.4. The maximum Gasteiger partial charge on any atom is 0.227 e. The molecule has 0 spiro atoms. The van der Waals surface area contributed by atoms with Crippen molar-refractivity contribution in [2.75, 3.05) is 36.2 Å². The molecule has 26 heavy (non-hydrogen) atoms. The van der Waals surface area contributed by atoms with Gasteiger partial charge in [-0.25, -0.2) is 8.42 Å². The zero-order valence-corrected chi connectivity index (χ0v) is 15.0. The van der Waals surface area contributed by atoms with Gasteiger partial charge in [0.15, 0.2) is 21.3 Å². The first kappa shape index (κ1) is 17.1. The molecule has 140 valence electrons. The third-order valence-electron chi connectivity index (χ3n) is 4.91. The van der Waals surface area contributed by atoms with Gasteiger partial charge in [-0.3, -0.25) is 9.59 Å². The number of rotatable bonds is 3. The van der Waals surface area contributed by atoms with Crippen molar-refractivity contribution in [2.45, 2.75) is 18.9 Å². The molecular weight excluding hydrogens is 360 g/mol. The average Bonchev–Trinajstić information content (AvgIpc) is 3.16. The fourth-order valence-corrected chi connectivity index (χ4v) is 5.23. The molecule has 3 aliphatic rings. The summed E-state index contributed by atoms with van der Waals surface area (Å²) >= 11 is 0. The largest absolute Gasteiger partial charge is 0.486 e. The summed E-state index contributed by atoms with van der Waals surface area (Å²) < 4.78 is 34.0. The van der Waals surface area contributed by atoms with Crippen LogP contribution in [0.4, 0.5) is 5.69 Å². The van der Waals surface area contributed by atoms with Crippen molar-refractivity contribution in [3.8, 4) is 11.5 Å². The van der Waals surface area contributed by atoms with Crippen molar-refractivity contribution in [3.63, 3.8) is 0 Å². The molecule has 0 bridgehead atoms. The minimum absolute atomic E-state index is 0.0225. The molecule has 2 fully saturated rings. The summed E-state index contributed by atoms with van der Waals surface area (Å²) in [7, 11) is -3.06. The Morgan fingerprint density at radius 1 is 1.19 bits per heavy atom. The van der Waals surface area contributed by atoms with E-state index in [-0.39, 0.29) is 42.3 Å². The lowest BCUT2D eigenvalue weighted by atomic mass is 10.1. The number of anilines is 1. The molecule has 2 amide bonds. The Morgan fingerprint density at radius 3 is 2.69 bits per heavy atom. The molecule has 0 unspecified atom stereocenters. The number of fused-ring (bicyclic) bond motifs is 1. The smallest absolute Gasteiger partial charge is 0.227 e. The number of nitrogens with one attached hydrogen (secondary N) is 1. The van der Waals surface area contributed by atoms with Gasteiger partial charge in [-0.2, -0.15) is 0 Å². The maximum absolute atomic E-state index is 12.4. The number of sulfone groups is 1. The molecule has 3 heterocycles. The van der Waals surface area contributed by atoms with Gasteiger partial charge in [0, 0.05) is 30.8 Å². The van der Waals surface area contributed by atoms with Gasteiger partial charge in [-0.1, -0.05) is 0 Å². The number of ether oxygens (including phenoxy) is 2. The van der Waals surface area contributed by atoms with Crippen LogP contribution in [0.15, 0.2) is 18.2 Å². The van der Waals surface area contributed by atoms with Crippen molar-refractivity contribution < 1.29 is 27.5 Å². The van der Waals surface area contributed by atoms with E-state index in [0.717, 1.165) is 0 Å². The van der Waals surface area contributed by atoms with E-state index >= 15 is 0 Å². The van der Waals surface area contributed by atoms with Gasteiger partial charge < -0.3 is 19.7 Å². The fraction of sp³-hybridized carbons (Fsp3) is 0.529. The van der Waals surface area contributed by atoms with Crippen molar-refractivity contribution in [1.29, 1.82) is 0 Å². The number of carbonyl (C=O) groups excluding carboxylic acids is 2. The van der Waals surface area contributed by atoms with Gasteiger partial charge in [0.05, 0.1) is 17.4 Å². The predicted molar refractivity (Wildman–Crippen MR) is 93.1 cm³/mol. The molecule has 2 atom stereocenters. The van der Waals surface area contributed by atoms with Crippen LogP contribution in [0.1, 0.15) is 12.8 Å². The van der Waals surface area contributed by atoms with E-state index in [2.05, 4.69) is 5.32 Å². The zero-order chi connectivity index (χ0) is 18.3. The second kappa shape index (κ2) is 6.46. The summed E-state index contributed by atoms with van der Waals surface area (Å²) in [5, 5.41) is 2.78. The molecule has 1 N–H and O–H groups in total. The third-order valence-corrected chi connectivity index (χ3v) is 6.68. The zero-order valence-electron chi connectivity index (χ0n) is 14.1. The van der Waals surface area contributed by atoms with Crippen LogP contribution in [-0.4, -0.2) is 57.5 Å². The van der Waals surface area contributed by atoms with Crippen molar-refractivity contribution >= 4 is 27.3 Å². The topological polar surface area (TPSA) is 102 Å². The van der Waals surface area contributed by atoms with Gasteiger partial charge in [0.25, 0.3) is 0 Å². The van der Waals surface area contributed by atoms with E-state index in [1.165, 1.54) is 0 Å². The summed E-state index contributed by atoms with van der Waals surface area (Å²) in [6, 6.07) is 4.92. The Bertz CT molecular complexity index is 853. The average molecular weight is 380 g/mol. The fourth-order valence-electron chi connectivity index (χ4n) is 3.56. The number of nitrogens with zero attached hydrogens (tertiary/aromatic N) is 1. The Morgan fingerprint density at radius 2 is 1.96 bits per heavy atom. The van der Waals surface area contributed by atoms with Gasteiger partial charge >= 0.3 is 0 Å². The summed E-state index contributed by atoms with van der Waals surface area (Å²) in [6.45, 7) is 1.22. The summed E-state index contributed by atoms with van der Waals surface area (Å²) in [5.41, 5.74) is 0.665. The molecule has 3 aliphatic heterocycles. The molecule has 0 aromatic heterocycles. The van der Waals surface area contributed by atoms with E-state index in [1.807, 2.05) is 0 Å².